The zero-order chi connectivity index (χ0) is 19.2. The van der Waals surface area contributed by atoms with Crippen molar-refractivity contribution in [1.82, 2.24) is 14.9 Å². The van der Waals surface area contributed by atoms with Crippen molar-refractivity contribution in [2.45, 2.75) is 37.2 Å². The highest BCUT2D eigenvalue weighted by atomic mass is 32.2. The van der Waals surface area contributed by atoms with Gasteiger partial charge < -0.3 is 4.42 Å². The molecule has 0 bridgehead atoms. The molecule has 0 spiro atoms. The van der Waals surface area contributed by atoms with Gasteiger partial charge in [0.2, 0.25) is 25.8 Å². The fourth-order valence-electron chi connectivity index (χ4n) is 2.05. The number of rotatable bonds is 10. The molecule has 0 unspecified atom stereocenters. The van der Waals surface area contributed by atoms with Crippen LogP contribution in [0.2, 0.25) is 0 Å². The van der Waals surface area contributed by atoms with Crippen molar-refractivity contribution in [3.05, 3.63) is 41.5 Å². The number of unbranched alkanes of at least 4 members (excludes halogenated alkanes) is 1. The van der Waals surface area contributed by atoms with Crippen LogP contribution in [0.15, 0.2) is 33.9 Å². The van der Waals surface area contributed by atoms with Gasteiger partial charge in [-0.05, 0) is 24.1 Å². The molecule has 1 heterocycles. The lowest BCUT2D eigenvalue weighted by atomic mass is 10.2. The molecule has 0 fully saturated rings. The Labute approximate surface area is 151 Å². The van der Waals surface area contributed by atoms with E-state index < -0.39 is 36.7 Å². The van der Waals surface area contributed by atoms with Gasteiger partial charge in [0.1, 0.15) is 5.82 Å². The molecule has 1 aromatic heterocycles. The molecule has 0 amide bonds. The number of sulfonamides is 1. The first-order valence-electron chi connectivity index (χ1n) is 7.99. The summed E-state index contributed by atoms with van der Waals surface area (Å²) < 4.78 is 68.2. The zero-order valence-electron chi connectivity index (χ0n) is 14.2. The van der Waals surface area contributed by atoms with Gasteiger partial charge in [0.05, 0.1) is 11.5 Å². The summed E-state index contributed by atoms with van der Waals surface area (Å²) in [5, 5.41) is 6.59. The zero-order valence-corrected chi connectivity index (χ0v) is 15.8. The predicted octanol–water partition coefficient (Wildman–Crippen LogP) is 1.44. The van der Waals surface area contributed by atoms with E-state index in [2.05, 4.69) is 14.9 Å². The SMILES string of the molecule is CCCCS(=O)(=O)NCCc1nnc(S(=O)(=O)Cc2ccc(F)cc2)o1. The molecule has 144 valence electrons. The number of aromatic nitrogens is 2. The minimum Gasteiger partial charge on any atom is -0.412 e. The van der Waals surface area contributed by atoms with Crippen molar-refractivity contribution in [2.24, 2.45) is 0 Å². The van der Waals surface area contributed by atoms with Gasteiger partial charge in [0, 0.05) is 13.0 Å². The number of halogens is 1. The molecule has 0 aliphatic rings. The number of hydrogen-bond donors (Lipinski definition) is 1. The predicted molar refractivity (Wildman–Crippen MR) is 92.0 cm³/mol. The fraction of sp³-hybridized carbons (Fsp3) is 0.467. The van der Waals surface area contributed by atoms with Crippen molar-refractivity contribution in [1.29, 1.82) is 0 Å². The van der Waals surface area contributed by atoms with E-state index in [0.29, 0.717) is 12.0 Å². The molecule has 2 rings (SSSR count). The largest absolute Gasteiger partial charge is 0.412 e. The highest BCUT2D eigenvalue weighted by Crippen LogP contribution is 2.16. The van der Waals surface area contributed by atoms with Crippen LogP contribution >= 0.6 is 0 Å². The Kier molecular flexibility index (Phi) is 6.84. The molecule has 8 nitrogen and oxygen atoms in total. The van der Waals surface area contributed by atoms with Gasteiger partial charge in [0.25, 0.3) is 0 Å². The van der Waals surface area contributed by atoms with Crippen LogP contribution in [-0.4, -0.2) is 39.3 Å². The third-order valence-electron chi connectivity index (χ3n) is 3.41. The molecule has 0 atom stereocenters. The van der Waals surface area contributed by atoms with Crippen LogP contribution in [0.4, 0.5) is 4.39 Å². The number of hydrogen-bond acceptors (Lipinski definition) is 7. The first-order valence-corrected chi connectivity index (χ1v) is 11.3. The Hall–Kier alpha value is -1.85. The third kappa shape index (κ3) is 6.15. The summed E-state index contributed by atoms with van der Waals surface area (Å²) in [6.07, 6.45) is 1.39. The van der Waals surface area contributed by atoms with Gasteiger partial charge in [-0.25, -0.2) is 25.9 Å². The quantitative estimate of drug-likeness (QED) is 0.635. The standard InChI is InChI=1S/C15H20FN3O5S2/c1-2-3-10-26(22,23)17-9-8-14-18-19-15(24-14)25(20,21)11-12-4-6-13(16)7-5-12/h4-7,17H,2-3,8-11H2,1H3. The van der Waals surface area contributed by atoms with Gasteiger partial charge in [-0.3, -0.25) is 0 Å². The lowest BCUT2D eigenvalue weighted by molar-refractivity contribution is 0.395. The topological polar surface area (TPSA) is 119 Å². The average molecular weight is 405 g/mol. The summed E-state index contributed by atoms with van der Waals surface area (Å²) >= 11 is 0. The Morgan fingerprint density at radius 2 is 1.81 bits per heavy atom. The molecule has 1 aromatic carbocycles. The fourth-order valence-corrected chi connectivity index (χ4v) is 4.42. The molecule has 0 radical (unpaired) electrons. The second-order valence-corrected chi connectivity index (χ2v) is 9.46. The lowest BCUT2D eigenvalue weighted by Crippen LogP contribution is -2.28. The highest BCUT2D eigenvalue weighted by molar-refractivity contribution is 7.90. The van der Waals surface area contributed by atoms with Gasteiger partial charge in [-0.15, -0.1) is 5.10 Å². The lowest BCUT2D eigenvalue weighted by Gasteiger charge is -2.04. The second kappa shape index (κ2) is 8.69. The number of nitrogens with one attached hydrogen (secondary N) is 1. The summed E-state index contributed by atoms with van der Waals surface area (Å²) in [6.45, 7) is 1.92. The van der Waals surface area contributed by atoms with Gasteiger partial charge >= 0.3 is 5.22 Å². The molecule has 2 aromatic rings. The normalized spacial score (nSPS) is 12.4. The van der Waals surface area contributed by atoms with Crippen molar-refractivity contribution < 1.29 is 25.6 Å². The molecular formula is C15H20FN3O5S2. The molecule has 0 saturated heterocycles. The summed E-state index contributed by atoms with van der Waals surface area (Å²) in [7, 11) is -7.24. The Bertz CT molecular complexity index is 924. The maximum absolute atomic E-state index is 12.9. The second-order valence-electron chi connectivity index (χ2n) is 5.66. The van der Waals surface area contributed by atoms with Gasteiger partial charge in [0.15, 0.2) is 0 Å². The van der Waals surface area contributed by atoms with E-state index in [4.69, 9.17) is 4.42 Å². The van der Waals surface area contributed by atoms with E-state index in [9.17, 15) is 21.2 Å². The van der Waals surface area contributed by atoms with Crippen LogP contribution in [0, 0.1) is 5.82 Å². The molecular weight excluding hydrogens is 385 g/mol. The Morgan fingerprint density at radius 1 is 1.12 bits per heavy atom. The third-order valence-corrected chi connectivity index (χ3v) is 6.29. The van der Waals surface area contributed by atoms with Crippen molar-refractivity contribution >= 4 is 19.9 Å². The molecule has 0 aliphatic heterocycles. The van der Waals surface area contributed by atoms with Crippen LogP contribution in [0.5, 0.6) is 0 Å². The van der Waals surface area contributed by atoms with Crippen molar-refractivity contribution in [3.8, 4) is 0 Å². The summed E-state index contributed by atoms with van der Waals surface area (Å²) in [6, 6.07) is 5.04. The van der Waals surface area contributed by atoms with Crippen molar-refractivity contribution in [3.63, 3.8) is 0 Å². The number of sulfone groups is 1. The summed E-state index contributed by atoms with van der Waals surface area (Å²) in [5.41, 5.74) is 0.384. The summed E-state index contributed by atoms with van der Waals surface area (Å²) in [4.78, 5) is 0. The minimum absolute atomic E-state index is 0.0147. The maximum Gasteiger partial charge on any atom is 0.335 e. The average Bonchev–Trinajstić information content (AvgIpc) is 3.05. The summed E-state index contributed by atoms with van der Waals surface area (Å²) in [5.74, 6) is -0.822. The van der Waals surface area contributed by atoms with Gasteiger partial charge in [-0.2, -0.15) is 0 Å². The van der Waals surface area contributed by atoms with E-state index in [1.54, 1.807) is 0 Å². The highest BCUT2D eigenvalue weighted by Gasteiger charge is 2.23. The number of benzene rings is 1. The van der Waals surface area contributed by atoms with Crippen LogP contribution in [-0.2, 0) is 32.0 Å². The smallest absolute Gasteiger partial charge is 0.335 e. The number of nitrogens with zero attached hydrogens (tertiary/aromatic N) is 2. The van der Waals surface area contributed by atoms with E-state index in [-0.39, 0.29) is 24.6 Å². The van der Waals surface area contributed by atoms with E-state index in [0.717, 1.165) is 18.6 Å². The molecule has 26 heavy (non-hydrogen) atoms. The molecule has 11 heteroatoms. The first-order chi connectivity index (χ1) is 12.2. The maximum atomic E-state index is 12.9. The monoisotopic (exact) mass is 405 g/mol. The first kappa shape index (κ1) is 20.5. The Balaban J connectivity index is 1.94. The minimum atomic E-state index is -3.87. The van der Waals surface area contributed by atoms with Crippen molar-refractivity contribution in [2.75, 3.05) is 12.3 Å². The molecule has 0 saturated carbocycles. The van der Waals surface area contributed by atoms with Crippen LogP contribution in [0.25, 0.3) is 0 Å². The van der Waals surface area contributed by atoms with E-state index in [1.807, 2.05) is 6.92 Å². The van der Waals surface area contributed by atoms with E-state index >= 15 is 0 Å². The Morgan fingerprint density at radius 3 is 2.46 bits per heavy atom. The van der Waals surface area contributed by atoms with Crippen LogP contribution in [0.3, 0.4) is 0 Å². The molecule has 1 N–H and O–H groups in total. The van der Waals surface area contributed by atoms with Gasteiger partial charge in [-0.1, -0.05) is 30.6 Å². The van der Waals surface area contributed by atoms with Crippen LogP contribution in [0.1, 0.15) is 31.2 Å². The van der Waals surface area contributed by atoms with Crippen LogP contribution < -0.4 is 4.72 Å². The van der Waals surface area contributed by atoms with E-state index in [1.165, 1.54) is 12.1 Å². The molecule has 0 aliphatic carbocycles.